The van der Waals surface area contributed by atoms with E-state index in [4.69, 9.17) is 0 Å². The van der Waals surface area contributed by atoms with Gasteiger partial charge in [0.1, 0.15) is 0 Å². The first-order chi connectivity index (χ1) is 7.72. The zero-order chi connectivity index (χ0) is 11.8. The normalized spacial score (nSPS) is 12.1. The van der Waals surface area contributed by atoms with E-state index in [9.17, 15) is 4.79 Å². The van der Waals surface area contributed by atoms with Crippen LogP contribution in [-0.2, 0) is 11.2 Å². The van der Waals surface area contributed by atoms with Crippen LogP contribution in [0.3, 0.4) is 0 Å². The Bertz CT molecular complexity index is 313. The monoisotopic (exact) mass is 283 g/mol. The second-order valence-electron chi connectivity index (χ2n) is 3.96. The Labute approximate surface area is 106 Å². The smallest absolute Gasteiger partial charge is 0.224 e. The van der Waals surface area contributed by atoms with Crippen molar-refractivity contribution >= 4 is 21.8 Å². The molecule has 0 heterocycles. The number of alkyl halides is 1. The Morgan fingerprint density at radius 2 is 2.06 bits per heavy atom. The van der Waals surface area contributed by atoms with Crippen LogP contribution in [0.5, 0.6) is 0 Å². The van der Waals surface area contributed by atoms with Gasteiger partial charge in [0.15, 0.2) is 0 Å². The number of carbonyl (C=O) groups is 1. The minimum absolute atomic E-state index is 0.105. The van der Waals surface area contributed by atoms with Gasteiger partial charge >= 0.3 is 0 Å². The molecule has 1 atom stereocenters. The zero-order valence-electron chi connectivity index (χ0n) is 9.58. The number of rotatable bonds is 6. The summed E-state index contributed by atoms with van der Waals surface area (Å²) in [7, 11) is 0. The lowest BCUT2D eigenvalue weighted by Crippen LogP contribution is -2.33. The fourth-order valence-electron chi connectivity index (χ4n) is 1.56. The Morgan fingerprint density at radius 3 is 2.69 bits per heavy atom. The van der Waals surface area contributed by atoms with Crippen LogP contribution in [0, 0.1) is 0 Å². The molecule has 0 bridgehead atoms. The van der Waals surface area contributed by atoms with Crippen molar-refractivity contribution in [3.63, 3.8) is 0 Å². The molecule has 1 aromatic carbocycles. The van der Waals surface area contributed by atoms with E-state index < -0.39 is 0 Å². The van der Waals surface area contributed by atoms with Crippen LogP contribution in [0.2, 0.25) is 0 Å². The van der Waals surface area contributed by atoms with Crippen molar-refractivity contribution in [2.45, 2.75) is 32.2 Å². The average Bonchev–Trinajstić information content (AvgIpc) is 2.27. The minimum Gasteiger partial charge on any atom is -0.353 e. The molecule has 1 N–H and O–H groups in total. The van der Waals surface area contributed by atoms with E-state index in [1.807, 2.05) is 37.3 Å². The average molecular weight is 284 g/mol. The van der Waals surface area contributed by atoms with Crippen molar-refractivity contribution in [1.82, 2.24) is 5.32 Å². The topological polar surface area (TPSA) is 29.1 Å². The highest BCUT2D eigenvalue weighted by Crippen LogP contribution is 2.02. The van der Waals surface area contributed by atoms with Crippen LogP contribution in [0.15, 0.2) is 30.3 Å². The number of halogens is 1. The molecule has 2 nitrogen and oxygen atoms in total. The number of carbonyl (C=O) groups excluding carboxylic acids is 1. The number of benzene rings is 1. The minimum atomic E-state index is 0.105. The molecule has 0 fully saturated rings. The van der Waals surface area contributed by atoms with Gasteiger partial charge in [-0.3, -0.25) is 4.79 Å². The molecule has 1 rings (SSSR count). The molecule has 1 aromatic rings. The van der Waals surface area contributed by atoms with Crippen LogP contribution in [0.1, 0.15) is 25.3 Å². The summed E-state index contributed by atoms with van der Waals surface area (Å²) in [5, 5.41) is 4.00. The van der Waals surface area contributed by atoms with E-state index in [-0.39, 0.29) is 11.9 Å². The summed E-state index contributed by atoms with van der Waals surface area (Å²) in [6.45, 7) is 2.05. The number of nitrogens with one attached hydrogen (secondary N) is 1. The van der Waals surface area contributed by atoms with E-state index in [0.29, 0.717) is 6.42 Å². The van der Waals surface area contributed by atoms with Crippen molar-refractivity contribution in [2.75, 3.05) is 5.33 Å². The first kappa shape index (κ1) is 13.2. The van der Waals surface area contributed by atoms with E-state index in [2.05, 4.69) is 21.2 Å². The van der Waals surface area contributed by atoms with Gasteiger partial charge in [-0.25, -0.2) is 0 Å². The lowest BCUT2D eigenvalue weighted by Gasteiger charge is -2.13. The van der Waals surface area contributed by atoms with Crippen LogP contribution in [0.4, 0.5) is 0 Å². The van der Waals surface area contributed by atoms with Gasteiger partial charge in [-0.2, -0.15) is 0 Å². The predicted molar refractivity (Wildman–Crippen MR) is 70.8 cm³/mol. The first-order valence-electron chi connectivity index (χ1n) is 5.61. The van der Waals surface area contributed by atoms with Crippen molar-refractivity contribution in [2.24, 2.45) is 0 Å². The summed E-state index contributed by atoms with van der Waals surface area (Å²) in [6, 6.07) is 10.1. The summed E-state index contributed by atoms with van der Waals surface area (Å²) in [5.41, 5.74) is 1.06. The van der Waals surface area contributed by atoms with E-state index in [1.165, 1.54) is 0 Å². The molecule has 0 aliphatic heterocycles. The Kier molecular flexibility index (Phi) is 6.16. The van der Waals surface area contributed by atoms with Crippen LogP contribution >= 0.6 is 15.9 Å². The van der Waals surface area contributed by atoms with Gasteiger partial charge in [0.2, 0.25) is 5.91 Å². The zero-order valence-corrected chi connectivity index (χ0v) is 11.2. The third-order valence-corrected chi connectivity index (χ3v) is 2.95. The van der Waals surface area contributed by atoms with Gasteiger partial charge in [-0.05, 0) is 25.3 Å². The maximum atomic E-state index is 11.7. The van der Waals surface area contributed by atoms with Crippen molar-refractivity contribution in [1.29, 1.82) is 0 Å². The van der Waals surface area contributed by atoms with Crippen LogP contribution < -0.4 is 5.32 Å². The van der Waals surface area contributed by atoms with Gasteiger partial charge in [-0.15, -0.1) is 0 Å². The fourth-order valence-corrected chi connectivity index (χ4v) is 1.89. The maximum Gasteiger partial charge on any atom is 0.224 e. The number of hydrogen-bond donors (Lipinski definition) is 1. The van der Waals surface area contributed by atoms with E-state index >= 15 is 0 Å². The maximum absolute atomic E-state index is 11.7. The Morgan fingerprint density at radius 1 is 1.38 bits per heavy atom. The molecule has 0 aliphatic rings. The number of amides is 1. The molecule has 0 spiro atoms. The Hall–Kier alpha value is -0.830. The number of hydrogen-bond acceptors (Lipinski definition) is 1. The highest BCUT2D eigenvalue weighted by Gasteiger charge is 2.07. The summed E-state index contributed by atoms with van der Waals surface area (Å²) in [6.07, 6.45) is 2.58. The van der Waals surface area contributed by atoms with Gasteiger partial charge in [0.05, 0.1) is 6.42 Å². The Balaban J connectivity index is 2.31. The predicted octanol–water partition coefficient (Wildman–Crippen LogP) is 2.91. The summed E-state index contributed by atoms with van der Waals surface area (Å²) < 4.78 is 0. The third-order valence-electron chi connectivity index (χ3n) is 2.39. The molecule has 0 radical (unpaired) electrons. The molecule has 1 amide bonds. The summed E-state index contributed by atoms with van der Waals surface area (Å²) in [4.78, 5) is 11.7. The van der Waals surface area contributed by atoms with E-state index in [0.717, 1.165) is 23.7 Å². The molecule has 1 unspecified atom stereocenters. The highest BCUT2D eigenvalue weighted by atomic mass is 79.9. The molecule has 0 aliphatic carbocycles. The lowest BCUT2D eigenvalue weighted by atomic mass is 10.1. The summed E-state index contributed by atoms with van der Waals surface area (Å²) in [5.74, 6) is 0.105. The largest absolute Gasteiger partial charge is 0.353 e. The molecule has 0 aromatic heterocycles. The quantitative estimate of drug-likeness (QED) is 0.800. The van der Waals surface area contributed by atoms with Gasteiger partial charge in [-0.1, -0.05) is 46.3 Å². The SMILES string of the molecule is CC(CCCBr)NC(=O)Cc1ccccc1. The molecule has 3 heteroatoms. The first-order valence-corrected chi connectivity index (χ1v) is 6.73. The summed E-state index contributed by atoms with van der Waals surface area (Å²) >= 11 is 3.39. The second kappa shape index (κ2) is 7.44. The van der Waals surface area contributed by atoms with Crippen molar-refractivity contribution < 1.29 is 4.79 Å². The lowest BCUT2D eigenvalue weighted by molar-refractivity contribution is -0.121. The molecular formula is C13H18BrNO. The van der Waals surface area contributed by atoms with Crippen molar-refractivity contribution in [3.05, 3.63) is 35.9 Å². The fraction of sp³-hybridized carbons (Fsp3) is 0.462. The van der Waals surface area contributed by atoms with Gasteiger partial charge < -0.3 is 5.32 Å². The molecule has 0 saturated carbocycles. The standard InChI is InChI=1S/C13H18BrNO/c1-11(6-5-9-14)15-13(16)10-12-7-3-2-4-8-12/h2-4,7-8,11H,5-6,9-10H2,1H3,(H,15,16). The van der Waals surface area contributed by atoms with Gasteiger partial charge in [0.25, 0.3) is 0 Å². The molecular weight excluding hydrogens is 266 g/mol. The van der Waals surface area contributed by atoms with Crippen molar-refractivity contribution in [3.8, 4) is 0 Å². The van der Waals surface area contributed by atoms with Crippen LogP contribution in [-0.4, -0.2) is 17.3 Å². The molecule has 0 saturated heterocycles. The van der Waals surface area contributed by atoms with E-state index in [1.54, 1.807) is 0 Å². The molecule has 16 heavy (non-hydrogen) atoms. The molecule has 88 valence electrons. The highest BCUT2D eigenvalue weighted by molar-refractivity contribution is 9.09. The van der Waals surface area contributed by atoms with Crippen LogP contribution in [0.25, 0.3) is 0 Å². The second-order valence-corrected chi connectivity index (χ2v) is 4.76. The third kappa shape index (κ3) is 5.31. The van der Waals surface area contributed by atoms with Gasteiger partial charge in [0, 0.05) is 11.4 Å².